The third kappa shape index (κ3) is 5.17. The molecule has 0 spiro atoms. The largest absolute Gasteiger partial charge is 0.472 e. The lowest BCUT2D eigenvalue weighted by atomic mass is 9.98. The van der Waals surface area contributed by atoms with Crippen molar-refractivity contribution in [1.29, 1.82) is 0 Å². The van der Waals surface area contributed by atoms with E-state index in [0.29, 0.717) is 0 Å². The first-order chi connectivity index (χ1) is 14.8. The summed E-state index contributed by atoms with van der Waals surface area (Å²) in [5.74, 6) is -3.61. The average Bonchev–Trinajstić information content (AvgIpc) is 3.07. The van der Waals surface area contributed by atoms with Gasteiger partial charge in [-0.3, -0.25) is 4.79 Å². The van der Waals surface area contributed by atoms with Crippen molar-refractivity contribution >= 4 is 18.0 Å². The molecule has 7 nitrogen and oxygen atoms in total. The first-order valence-electron chi connectivity index (χ1n) is 9.26. The Bertz CT molecular complexity index is 1030. The fraction of sp³-hybridized carbons (Fsp3) is 0.227. The average molecular weight is 428 g/mol. The summed E-state index contributed by atoms with van der Waals surface area (Å²) in [6.45, 7) is -1.89. The molecule has 0 unspecified atom stereocenters. The molecule has 0 aliphatic heterocycles. The molecule has 2 amide bonds. The second-order valence-electron chi connectivity index (χ2n) is 6.67. The van der Waals surface area contributed by atoms with Gasteiger partial charge < -0.3 is 20.5 Å². The Labute approximate surface area is 176 Å². The molecule has 0 atom stereocenters. The molecule has 0 bridgehead atoms. The molecule has 0 heterocycles. The molecule has 2 aromatic rings. The van der Waals surface area contributed by atoms with Gasteiger partial charge in [0.15, 0.2) is 0 Å². The summed E-state index contributed by atoms with van der Waals surface area (Å²) in [6.07, 6.45) is -1.08. The van der Waals surface area contributed by atoms with Crippen LogP contribution < -0.4 is 10.6 Å². The SMILES string of the molecule is O=C(O)C#CCNC(=O)C(F)(F)CNC(=O)OCC1c2ccccc2-c2ccccc21. The van der Waals surface area contributed by atoms with Crippen molar-refractivity contribution in [2.45, 2.75) is 11.8 Å². The smallest absolute Gasteiger partial charge is 0.407 e. The van der Waals surface area contributed by atoms with Gasteiger partial charge in [0.2, 0.25) is 0 Å². The topological polar surface area (TPSA) is 105 Å². The maximum Gasteiger partial charge on any atom is 0.407 e. The zero-order valence-electron chi connectivity index (χ0n) is 16.2. The van der Waals surface area contributed by atoms with Crippen LogP contribution in [0.15, 0.2) is 48.5 Å². The lowest BCUT2D eigenvalue weighted by Gasteiger charge is -2.17. The van der Waals surface area contributed by atoms with Crippen LogP contribution >= 0.6 is 0 Å². The first-order valence-corrected chi connectivity index (χ1v) is 9.26. The van der Waals surface area contributed by atoms with Gasteiger partial charge in [-0.15, -0.1) is 0 Å². The summed E-state index contributed by atoms with van der Waals surface area (Å²) in [7, 11) is 0. The number of fused-ring (bicyclic) bond motifs is 3. The molecule has 1 aliphatic carbocycles. The number of hydrogen-bond donors (Lipinski definition) is 3. The number of ether oxygens (including phenoxy) is 1. The number of alkyl halides is 2. The van der Waals surface area contributed by atoms with Crippen molar-refractivity contribution in [2.24, 2.45) is 0 Å². The van der Waals surface area contributed by atoms with Gasteiger partial charge in [0.05, 0.1) is 13.1 Å². The zero-order valence-corrected chi connectivity index (χ0v) is 16.2. The lowest BCUT2D eigenvalue weighted by Crippen LogP contribution is -2.48. The summed E-state index contributed by atoms with van der Waals surface area (Å²) in [5.41, 5.74) is 4.01. The van der Waals surface area contributed by atoms with Gasteiger partial charge in [0.25, 0.3) is 5.91 Å². The number of carboxylic acids is 1. The van der Waals surface area contributed by atoms with Crippen molar-refractivity contribution in [3.8, 4) is 23.0 Å². The lowest BCUT2D eigenvalue weighted by molar-refractivity contribution is -0.144. The Morgan fingerprint density at radius 3 is 2.16 bits per heavy atom. The standard InChI is InChI=1S/C22H18F2N2O5/c23-22(24,20(29)25-11-5-10-19(27)28)13-26-21(30)31-12-18-16-8-3-1-6-14(16)15-7-2-4-9-17(15)18/h1-4,6-9,18H,11-13H2,(H,25,29)(H,26,30)(H,27,28). The highest BCUT2D eigenvalue weighted by Crippen LogP contribution is 2.44. The van der Waals surface area contributed by atoms with Crippen LogP contribution in [0.1, 0.15) is 17.0 Å². The van der Waals surface area contributed by atoms with Gasteiger partial charge in [0, 0.05) is 11.8 Å². The van der Waals surface area contributed by atoms with Gasteiger partial charge in [-0.05, 0) is 22.3 Å². The van der Waals surface area contributed by atoms with Crippen LogP contribution in [0.25, 0.3) is 11.1 Å². The van der Waals surface area contributed by atoms with Crippen molar-refractivity contribution in [3.63, 3.8) is 0 Å². The number of nitrogens with one attached hydrogen (secondary N) is 2. The fourth-order valence-corrected chi connectivity index (χ4v) is 3.29. The number of amides is 2. The number of hydrogen-bond acceptors (Lipinski definition) is 4. The van der Waals surface area contributed by atoms with E-state index in [-0.39, 0.29) is 12.5 Å². The van der Waals surface area contributed by atoms with Gasteiger partial charge in [-0.25, -0.2) is 9.59 Å². The van der Waals surface area contributed by atoms with E-state index in [0.717, 1.165) is 22.3 Å². The zero-order chi connectivity index (χ0) is 22.4. The molecular formula is C22H18F2N2O5. The fourth-order valence-electron chi connectivity index (χ4n) is 3.29. The van der Waals surface area contributed by atoms with Crippen molar-refractivity contribution in [1.82, 2.24) is 10.6 Å². The van der Waals surface area contributed by atoms with E-state index >= 15 is 0 Å². The Balaban J connectivity index is 1.53. The van der Waals surface area contributed by atoms with E-state index in [2.05, 4.69) is 0 Å². The number of halogens is 2. The van der Waals surface area contributed by atoms with Crippen molar-refractivity contribution in [2.75, 3.05) is 19.7 Å². The van der Waals surface area contributed by atoms with Crippen LogP contribution in [0.3, 0.4) is 0 Å². The number of carbonyl (C=O) groups is 3. The Morgan fingerprint density at radius 1 is 1.00 bits per heavy atom. The molecule has 3 rings (SSSR count). The van der Waals surface area contributed by atoms with Crippen LogP contribution in [-0.4, -0.2) is 48.7 Å². The third-order valence-electron chi connectivity index (χ3n) is 4.66. The molecule has 9 heteroatoms. The summed E-state index contributed by atoms with van der Waals surface area (Å²) < 4.78 is 32.8. The number of carboxylic acid groups (broad SMARTS) is 1. The molecular weight excluding hydrogens is 410 g/mol. The van der Waals surface area contributed by atoms with E-state index in [9.17, 15) is 23.2 Å². The van der Waals surface area contributed by atoms with E-state index < -0.39 is 37.0 Å². The minimum Gasteiger partial charge on any atom is -0.472 e. The number of carbonyl (C=O) groups excluding carboxylic acids is 2. The molecule has 1 aliphatic rings. The van der Waals surface area contributed by atoms with Gasteiger partial charge in [-0.2, -0.15) is 8.78 Å². The van der Waals surface area contributed by atoms with Crippen LogP contribution in [0.5, 0.6) is 0 Å². The molecule has 0 saturated carbocycles. The number of aliphatic carboxylic acids is 1. The van der Waals surface area contributed by atoms with E-state index in [1.54, 1.807) is 11.2 Å². The van der Waals surface area contributed by atoms with Crippen molar-refractivity contribution < 1.29 is 33.0 Å². The maximum absolute atomic E-state index is 13.9. The molecule has 31 heavy (non-hydrogen) atoms. The molecule has 0 saturated heterocycles. The maximum atomic E-state index is 13.9. The second-order valence-corrected chi connectivity index (χ2v) is 6.67. The summed E-state index contributed by atoms with van der Waals surface area (Å²) >= 11 is 0. The van der Waals surface area contributed by atoms with Crippen LogP contribution in [-0.2, 0) is 14.3 Å². The predicted molar refractivity (Wildman–Crippen MR) is 106 cm³/mol. The van der Waals surface area contributed by atoms with Gasteiger partial charge in [-0.1, -0.05) is 54.5 Å². The molecule has 160 valence electrons. The quantitative estimate of drug-likeness (QED) is 0.613. The van der Waals surface area contributed by atoms with Crippen LogP contribution in [0, 0.1) is 11.8 Å². The van der Waals surface area contributed by atoms with Crippen LogP contribution in [0.4, 0.5) is 13.6 Å². The number of alkyl carbamates (subject to hydrolysis) is 1. The first kappa shape index (κ1) is 21.8. The van der Waals surface area contributed by atoms with Gasteiger partial charge >= 0.3 is 18.0 Å². The highest BCUT2D eigenvalue weighted by molar-refractivity contribution is 5.87. The van der Waals surface area contributed by atoms with E-state index in [1.807, 2.05) is 59.8 Å². The van der Waals surface area contributed by atoms with E-state index in [4.69, 9.17) is 9.84 Å². The number of rotatable bonds is 6. The minimum atomic E-state index is -3.92. The highest BCUT2D eigenvalue weighted by atomic mass is 19.3. The third-order valence-corrected chi connectivity index (χ3v) is 4.66. The summed E-state index contributed by atoms with van der Waals surface area (Å²) in [6, 6.07) is 15.3. The van der Waals surface area contributed by atoms with E-state index in [1.165, 1.54) is 0 Å². The molecule has 2 aromatic carbocycles. The monoisotopic (exact) mass is 428 g/mol. The Kier molecular flexibility index (Phi) is 6.50. The Morgan fingerprint density at radius 2 is 1.58 bits per heavy atom. The summed E-state index contributed by atoms with van der Waals surface area (Å²) in [5, 5.41) is 12.0. The molecule has 0 aromatic heterocycles. The Hall–Kier alpha value is -3.93. The molecule has 3 N–H and O–H groups in total. The minimum absolute atomic E-state index is 0.0532. The summed E-state index contributed by atoms with van der Waals surface area (Å²) in [4.78, 5) is 33.7. The second kappa shape index (κ2) is 9.26. The number of benzene rings is 2. The molecule has 0 fully saturated rings. The predicted octanol–water partition coefficient (Wildman–Crippen LogP) is 2.36. The highest BCUT2D eigenvalue weighted by Gasteiger charge is 2.39. The van der Waals surface area contributed by atoms with Gasteiger partial charge in [0.1, 0.15) is 6.61 Å². The van der Waals surface area contributed by atoms with Crippen LogP contribution in [0.2, 0.25) is 0 Å². The normalized spacial score (nSPS) is 12.1. The molecule has 0 radical (unpaired) electrons. The van der Waals surface area contributed by atoms with Crippen molar-refractivity contribution in [3.05, 3.63) is 59.7 Å².